The molecule has 5 nitrogen and oxygen atoms in total. The lowest BCUT2D eigenvalue weighted by molar-refractivity contribution is -0.179. The first-order valence-electron chi connectivity index (χ1n) is 13.7. The van der Waals surface area contributed by atoms with Crippen LogP contribution in [0.3, 0.4) is 0 Å². The van der Waals surface area contributed by atoms with Crippen LogP contribution in [0.2, 0.25) is 0 Å². The van der Waals surface area contributed by atoms with Crippen molar-refractivity contribution in [3.63, 3.8) is 0 Å². The Balaban J connectivity index is 1.87. The molecule has 1 aliphatic carbocycles. The molecule has 0 aromatic heterocycles. The largest absolute Gasteiger partial charge is 0.463 e. The minimum Gasteiger partial charge on any atom is -0.463 e. The summed E-state index contributed by atoms with van der Waals surface area (Å²) in [5.41, 5.74) is 0. The van der Waals surface area contributed by atoms with Crippen molar-refractivity contribution in [2.45, 2.75) is 123 Å². The molecule has 1 saturated heterocycles. The Labute approximate surface area is 207 Å². The maximum absolute atomic E-state index is 12.7. The van der Waals surface area contributed by atoms with E-state index >= 15 is 0 Å². The molecule has 2 unspecified atom stereocenters. The lowest BCUT2D eigenvalue weighted by Crippen LogP contribution is -2.27. The third kappa shape index (κ3) is 10.9. The van der Waals surface area contributed by atoms with E-state index in [0.29, 0.717) is 24.5 Å². The van der Waals surface area contributed by atoms with Crippen LogP contribution in [0.25, 0.3) is 0 Å². The minimum atomic E-state index is -0.136. The summed E-state index contributed by atoms with van der Waals surface area (Å²) < 4.78 is 17.3. The summed E-state index contributed by atoms with van der Waals surface area (Å²) >= 11 is 0. The molecule has 0 amide bonds. The molecular formula is C29H48O5. The van der Waals surface area contributed by atoms with E-state index in [2.05, 4.69) is 38.2 Å². The summed E-state index contributed by atoms with van der Waals surface area (Å²) in [4.78, 5) is 24.3. The highest BCUT2D eigenvalue weighted by molar-refractivity contribution is 5.84. The highest BCUT2D eigenvalue weighted by Crippen LogP contribution is 2.38. The predicted molar refractivity (Wildman–Crippen MR) is 136 cm³/mol. The Morgan fingerprint density at radius 2 is 2.00 bits per heavy atom. The van der Waals surface area contributed by atoms with Gasteiger partial charge in [0, 0.05) is 25.4 Å². The standard InChI is InChI=1S/C29H48O5/c1-5-6-9-14-24(34-29-17-12-13-20-32-29)18-19-25-23(4)21-27(30)26(25)15-10-7-8-11-16-28(31)33-22(2)3/h7,10,18-19,22-26,29H,5-6,8-9,11-17,20-21H2,1-4H3/b10-7-,19-18+/t23-,24?,25+,26-,29?/m1/s1. The van der Waals surface area contributed by atoms with Gasteiger partial charge in [-0.05, 0) is 70.6 Å². The van der Waals surface area contributed by atoms with Crippen LogP contribution in [0.15, 0.2) is 24.3 Å². The summed E-state index contributed by atoms with van der Waals surface area (Å²) in [7, 11) is 0. The molecule has 0 aromatic carbocycles. The Bertz CT molecular complexity index is 647. The van der Waals surface area contributed by atoms with Crippen LogP contribution in [0, 0.1) is 17.8 Å². The van der Waals surface area contributed by atoms with E-state index < -0.39 is 0 Å². The fourth-order valence-electron chi connectivity index (χ4n) is 4.95. The van der Waals surface area contributed by atoms with E-state index in [1.54, 1.807) is 0 Å². The summed E-state index contributed by atoms with van der Waals surface area (Å²) in [6.45, 7) is 8.93. The van der Waals surface area contributed by atoms with E-state index in [9.17, 15) is 9.59 Å². The van der Waals surface area contributed by atoms with E-state index in [1.807, 2.05) is 13.8 Å². The van der Waals surface area contributed by atoms with Crippen LogP contribution in [-0.4, -0.2) is 36.9 Å². The van der Waals surface area contributed by atoms with Crippen LogP contribution < -0.4 is 0 Å². The van der Waals surface area contributed by atoms with Gasteiger partial charge >= 0.3 is 5.97 Å². The van der Waals surface area contributed by atoms with Gasteiger partial charge in [0.15, 0.2) is 6.29 Å². The Kier molecular flexibility index (Phi) is 13.8. The SMILES string of the molecule is CCCCCC(/C=C/[C@H]1[C@H](C)CC(=O)[C@@H]1C/C=C\CCCC(=O)OC(C)C)OC1CCCCO1. The van der Waals surface area contributed by atoms with Crippen molar-refractivity contribution in [1.82, 2.24) is 0 Å². The number of carbonyl (C=O) groups is 2. The quantitative estimate of drug-likeness (QED) is 0.145. The van der Waals surface area contributed by atoms with Crippen LogP contribution in [0.5, 0.6) is 0 Å². The number of rotatable bonds is 15. The van der Waals surface area contributed by atoms with Crippen molar-refractivity contribution in [2.24, 2.45) is 17.8 Å². The normalized spacial score (nSPS) is 26.7. The second-order valence-electron chi connectivity index (χ2n) is 10.3. The van der Waals surface area contributed by atoms with Gasteiger partial charge in [-0.3, -0.25) is 9.59 Å². The summed E-state index contributed by atoms with van der Waals surface area (Å²) in [5.74, 6) is 0.877. The second kappa shape index (κ2) is 16.3. The summed E-state index contributed by atoms with van der Waals surface area (Å²) in [6.07, 6.45) is 19.9. The van der Waals surface area contributed by atoms with Crippen molar-refractivity contribution < 1.29 is 23.8 Å². The number of hydrogen-bond donors (Lipinski definition) is 0. The Hall–Kier alpha value is -1.46. The maximum Gasteiger partial charge on any atom is 0.306 e. The Morgan fingerprint density at radius 3 is 2.71 bits per heavy atom. The predicted octanol–water partition coefficient (Wildman–Crippen LogP) is 6.94. The summed E-state index contributed by atoms with van der Waals surface area (Å²) in [5, 5.41) is 0. The smallest absolute Gasteiger partial charge is 0.306 e. The maximum atomic E-state index is 12.7. The van der Waals surface area contributed by atoms with E-state index in [0.717, 1.165) is 58.0 Å². The lowest BCUT2D eigenvalue weighted by atomic mass is 9.87. The molecule has 1 saturated carbocycles. The third-order valence-corrected chi connectivity index (χ3v) is 6.84. The van der Waals surface area contributed by atoms with Crippen molar-refractivity contribution in [3.05, 3.63) is 24.3 Å². The average molecular weight is 477 g/mol. The number of carbonyl (C=O) groups excluding carboxylic acids is 2. The van der Waals surface area contributed by atoms with Gasteiger partial charge in [0.2, 0.25) is 0 Å². The van der Waals surface area contributed by atoms with Crippen LogP contribution in [0.4, 0.5) is 0 Å². The van der Waals surface area contributed by atoms with Gasteiger partial charge in [-0.2, -0.15) is 0 Å². The van der Waals surface area contributed by atoms with Crippen molar-refractivity contribution in [1.29, 1.82) is 0 Å². The van der Waals surface area contributed by atoms with Crippen LogP contribution in [0.1, 0.15) is 105 Å². The first-order chi connectivity index (χ1) is 16.4. The topological polar surface area (TPSA) is 61.8 Å². The molecule has 1 aliphatic heterocycles. The van der Waals surface area contributed by atoms with Gasteiger partial charge in [0.1, 0.15) is 5.78 Å². The molecule has 34 heavy (non-hydrogen) atoms. The number of Topliss-reactive ketones (excluding diaryl/α,β-unsaturated/α-hetero) is 1. The first kappa shape index (κ1) is 28.8. The molecule has 1 heterocycles. The molecule has 5 heteroatoms. The molecular weight excluding hydrogens is 428 g/mol. The second-order valence-corrected chi connectivity index (χ2v) is 10.3. The molecule has 2 fully saturated rings. The molecule has 0 N–H and O–H groups in total. The molecule has 0 bridgehead atoms. The molecule has 0 spiro atoms. The number of unbranched alkanes of at least 4 members (excludes halogenated alkanes) is 3. The zero-order valence-electron chi connectivity index (χ0n) is 22.0. The molecule has 2 rings (SSSR count). The number of ketones is 1. The van der Waals surface area contributed by atoms with E-state index in [-0.39, 0.29) is 36.3 Å². The minimum absolute atomic E-state index is 0.0376. The third-order valence-electron chi connectivity index (χ3n) is 6.84. The average Bonchev–Trinajstić information content (AvgIpc) is 3.06. The first-order valence-corrected chi connectivity index (χ1v) is 13.7. The number of ether oxygens (including phenoxy) is 3. The fourth-order valence-corrected chi connectivity index (χ4v) is 4.95. The van der Waals surface area contributed by atoms with Gasteiger partial charge < -0.3 is 14.2 Å². The number of allylic oxidation sites excluding steroid dienone is 3. The van der Waals surface area contributed by atoms with Gasteiger partial charge in [0.25, 0.3) is 0 Å². The van der Waals surface area contributed by atoms with Crippen molar-refractivity contribution >= 4 is 11.8 Å². The van der Waals surface area contributed by atoms with Gasteiger partial charge in [-0.25, -0.2) is 0 Å². The molecule has 0 aromatic rings. The number of esters is 1. The molecule has 5 atom stereocenters. The zero-order chi connectivity index (χ0) is 24.8. The van der Waals surface area contributed by atoms with Crippen molar-refractivity contribution in [3.8, 4) is 0 Å². The monoisotopic (exact) mass is 476 g/mol. The zero-order valence-corrected chi connectivity index (χ0v) is 22.0. The van der Waals surface area contributed by atoms with Gasteiger partial charge in [-0.1, -0.05) is 57.4 Å². The van der Waals surface area contributed by atoms with E-state index in [1.165, 1.54) is 12.8 Å². The molecule has 2 aliphatic rings. The fraction of sp³-hybridized carbons (Fsp3) is 0.793. The van der Waals surface area contributed by atoms with E-state index in [4.69, 9.17) is 14.2 Å². The summed E-state index contributed by atoms with van der Waals surface area (Å²) in [6, 6.07) is 0. The van der Waals surface area contributed by atoms with Crippen molar-refractivity contribution in [2.75, 3.05) is 6.61 Å². The van der Waals surface area contributed by atoms with Crippen LogP contribution in [-0.2, 0) is 23.8 Å². The van der Waals surface area contributed by atoms with Gasteiger partial charge in [-0.15, -0.1) is 0 Å². The lowest BCUT2D eigenvalue weighted by Gasteiger charge is -2.27. The highest BCUT2D eigenvalue weighted by atomic mass is 16.7. The number of hydrogen-bond acceptors (Lipinski definition) is 5. The van der Waals surface area contributed by atoms with Gasteiger partial charge in [0.05, 0.1) is 12.2 Å². The van der Waals surface area contributed by atoms with Crippen LogP contribution >= 0.6 is 0 Å². The highest BCUT2D eigenvalue weighted by Gasteiger charge is 2.37. The Morgan fingerprint density at radius 1 is 1.18 bits per heavy atom. The molecule has 194 valence electrons. The molecule has 0 radical (unpaired) electrons.